The predicted molar refractivity (Wildman–Crippen MR) is 79.6 cm³/mol. The molecule has 1 unspecified atom stereocenters. The van der Waals surface area contributed by atoms with Crippen molar-refractivity contribution < 1.29 is 14.7 Å². The summed E-state index contributed by atoms with van der Waals surface area (Å²) in [6.45, 7) is 3.99. The molecule has 0 aromatic heterocycles. The normalized spacial score (nSPS) is 11.8. The van der Waals surface area contributed by atoms with E-state index >= 15 is 0 Å². The molecular weight excluding hydrogens is 280 g/mol. The molecule has 6 heteroatoms. The summed E-state index contributed by atoms with van der Waals surface area (Å²) in [4.78, 5) is 24.8. The second kappa shape index (κ2) is 7.14. The first-order valence-electron chi connectivity index (χ1n) is 6.44. The lowest BCUT2D eigenvalue weighted by atomic mass is 10.1. The molecule has 0 spiro atoms. The van der Waals surface area contributed by atoms with E-state index in [4.69, 9.17) is 16.7 Å². The maximum atomic E-state index is 12.1. The lowest BCUT2D eigenvalue weighted by molar-refractivity contribution is 0.0698. The molecule has 0 radical (unpaired) electrons. The van der Waals surface area contributed by atoms with E-state index in [0.717, 1.165) is 12.8 Å². The van der Waals surface area contributed by atoms with Crippen molar-refractivity contribution in [1.82, 2.24) is 4.90 Å². The fourth-order valence-corrected chi connectivity index (χ4v) is 2.12. The molecule has 20 heavy (non-hydrogen) atoms. The molecule has 0 bridgehead atoms. The van der Waals surface area contributed by atoms with Crippen LogP contribution in [-0.2, 0) is 0 Å². The summed E-state index contributed by atoms with van der Waals surface area (Å²) in [5, 5.41) is 11.8. The maximum Gasteiger partial charge on any atom is 0.339 e. The minimum absolute atomic E-state index is 0.0764. The number of benzene rings is 1. The van der Waals surface area contributed by atoms with Gasteiger partial charge in [-0.1, -0.05) is 31.0 Å². The Morgan fingerprint density at radius 2 is 2.10 bits per heavy atom. The number of halogens is 1. The first-order valence-corrected chi connectivity index (χ1v) is 6.81. The van der Waals surface area contributed by atoms with Crippen LogP contribution in [-0.4, -0.2) is 35.1 Å². The Kier molecular flexibility index (Phi) is 5.82. The van der Waals surface area contributed by atoms with Gasteiger partial charge in [-0.25, -0.2) is 9.59 Å². The van der Waals surface area contributed by atoms with Crippen LogP contribution in [0.2, 0.25) is 5.02 Å². The van der Waals surface area contributed by atoms with Crippen molar-refractivity contribution in [3.8, 4) is 0 Å². The number of anilines is 1. The fourth-order valence-electron chi connectivity index (χ4n) is 1.86. The third kappa shape index (κ3) is 3.87. The molecule has 110 valence electrons. The maximum absolute atomic E-state index is 12.1. The van der Waals surface area contributed by atoms with Crippen molar-refractivity contribution in [3.05, 3.63) is 28.8 Å². The Morgan fingerprint density at radius 3 is 2.65 bits per heavy atom. The third-order valence-electron chi connectivity index (χ3n) is 3.16. The average molecular weight is 299 g/mol. The lowest BCUT2D eigenvalue weighted by Gasteiger charge is -2.25. The molecule has 0 saturated heterocycles. The fraction of sp³-hybridized carbons (Fsp3) is 0.429. The van der Waals surface area contributed by atoms with Crippen LogP contribution in [0.15, 0.2) is 18.2 Å². The molecule has 1 atom stereocenters. The van der Waals surface area contributed by atoms with E-state index in [0.29, 0.717) is 0 Å². The number of urea groups is 1. The second-order valence-corrected chi connectivity index (χ2v) is 5.05. The summed E-state index contributed by atoms with van der Waals surface area (Å²) in [5.41, 5.74) is 0.101. The summed E-state index contributed by atoms with van der Waals surface area (Å²) in [6, 6.07) is 4.32. The molecule has 0 heterocycles. The van der Waals surface area contributed by atoms with Crippen LogP contribution in [0.4, 0.5) is 10.5 Å². The van der Waals surface area contributed by atoms with Crippen molar-refractivity contribution in [1.29, 1.82) is 0 Å². The summed E-state index contributed by atoms with van der Waals surface area (Å²) < 4.78 is 0. The van der Waals surface area contributed by atoms with Crippen LogP contribution in [0.25, 0.3) is 0 Å². The molecule has 0 aliphatic heterocycles. The molecule has 1 aromatic carbocycles. The standard InChI is InChI=1S/C14H19ClN2O3/c1-4-6-9(2)17(3)14(20)16-11-8-5-7-10(15)12(11)13(18)19/h5,7-9H,4,6H2,1-3H3,(H,16,20)(H,18,19). The number of nitrogens with zero attached hydrogens (tertiary/aromatic N) is 1. The highest BCUT2D eigenvalue weighted by Gasteiger charge is 2.19. The zero-order valence-electron chi connectivity index (χ0n) is 11.8. The number of carboxylic acid groups (broad SMARTS) is 1. The van der Waals surface area contributed by atoms with Crippen molar-refractivity contribution in [2.24, 2.45) is 0 Å². The molecule has 0 fully saturated rings. The monoisotopic (exact) mass is 298 g/mol. The highest BCUT2D eigenvalue weighted by molar-refractivity contribution is 6.34. The van der Waals surface area contributed by atoms with Gasteiger partial charge in [-0.05, 0) is 25.5 Å². The Balaban J connectivity index is 2.91. The first kappa shape index (κ1) is 16.3. The van der Waals surface area contributed by atoms with Crippen molar-refractivity contribution in [2.45, 2.75) is 32.7 Å². The summed E-state index contributed by atoms with van der Waals surface area (Å²) in [7, 11) is 1.68. The van der Waals surface area contributed by atoms with Gasteiger partial charge in [-0.3, -0.25) is 0 Å². The minimum Gasteiger partial charge on any atom is -0.478 e. The third-order valence-corrected chi connectivity index (χ3v) is 3.47. The molecule has 1 rings (SSSR count). The van der Waals surface area contributed by atoms with Gasteiger partial charge in [0.25, 0.3) is 0 Å². The van der Waals surface area contributed by atoms with Gasteiger partial charge in [0.2, 0.25) is 0 Å². The second-order valence-electron chi connectivity index (χ2n) is 4.65. The van der Waals surface area contributed by atoms with E-state index in [2.05, 4.69) is 5.32 Å². The number of aromatic carboxylic acids is 1. The topological polar surface area (TPSA) is 69.6 Å². The van der Waals surface area contributed by atoms with Gasteiger partial charge in [-0.15, -0.1) is 0 Å². The molecule has 1 aromatic rings. The Labute approximate surface area is 123 Å². The van der Waals surface area contributed by atoms with E-state index in [9.17, 15) is 9.59 Å². The van der Waals surface area contributed by atoms with Gasteiger partial charge in [0, 0.05) is 13.1 Å². The number of hydrogen-bond donors (Lipinski definition) is 2. The van der Waals surface area contributed by atoms with E-state index in [1.807, 2.05) is 13.8 Å². The summed E-state index contributed by atoms with van der Waals surface area (Å²) in [5.74, 6) is -1.17. The molecule has 0 aliphatic carbocycles. The van der Waals surface area contributed by atoms with Crippen molar-refractivity contribution >= 4 is 29.3 Å². The Morgan fingerprint density at radius 1 is 1.45 bits per heavy atom. The van der Waals surface area contributed by atoms with E-state index < -0.39 is 5.97 Å². The zero-order valence-corrected chi connectivity index (χ0v) is 12.6. The van der Waals surface area contributed by atoms with Gasteiger partial charge in [0.1, 0.15) is 5.56 Å². The zero-order chi connectivity index (χ0) is 15.3. The van der Waals surface area contributed by atoms with Gasteiger partial charge in [0.15, 0.2) is 0 Å². The number of carboxylic acids is 1. The van der Waals surface area contributed by atoms with Crippen LogP contribution >= 0.6 is 11.6 Å². The molecule has 2 N–H and O–H groups in total. The number of amides is 2. The van der Waals surface area contributed by atoms with Gasteiger partial charge in [0.05, 0.1) is 10.7 Å². The van der Waals surface area contributed by atoms with Crippen LogP contribution in [0, 0.1) is 0 Å². The molecule has 0 saturated carbocycles. The number of hydrogen-bond acceptors (Lipinski definition) is 2. The first-order chi connectivity index (χ1) is 9.38. The van der Waals surface area contributed by atoms with Gasteiger partial charge in [-0.2, -0.15) is 0 Å². The molecule has 0 aliphatic rings. The number of carbonyl (C=O) groups is 2. The lowest BCUT2D eigenvalue weighted by Crippen LogP contribution is -2.38. The average Bonchev–Trinajstić information content (AvgIpc) is 2.37. The minimum atomic E-state index is -1.17. The van der Waals surface area contributed by atoms with Crippen molar-refractivity contribution in [3.63, 3.8) is 0 Å². The Bertz CT molecular complexity index is 505. The molecule has 2 amide bonds. The van der Waals surface area contributed by atoms with E-state index in [-0.39, 0.29) is 28.3 Å². The van der Waals surface area contributed by atoms with Crippen molar-refractivity contribution in [2.75, 3.05) is 12.4 Å². The van der Waals surface area contributed by atoms with E-state index in [1.54, 1.807) is 18.0 Å². The van der Waals surface area contributed by atoms with Gasteiger partial charge < -0.3 is 15.3 Å². The SMILES string of the molecule is CCCC(C)N(C)C(=O)Nc1cccc(Cl)c1C(=O)O. The largest absolute Gasteiger partial charge is 0.478 e. The van der Waals surface area contributed by atoms with Crippen LogP contribution in [0.1, 0.15) is 37.0 Å². The molecular formula is C14H19ClN2O3. The van der Waals surface area contributed by atoms with Gasteiger partial charge >= 0.3 is 12.0 Å². The quantitative estimate of drug-likeness (QED) is 0.871. The Hall–Kier alpha value is -1.75. The summed E-state index contributed by atoms with van der Waals surface area (Å²) in [6.07, 6.45) is 1.85. The highest BCUT2D eigenvalue weighted by atomic mass is 35.5. The molecule has 5 nitrogen and oxygen atoms in total. The van der Waals surface area contributed by atoms with E-state index in [1.165, 1.54) is 12.1 Å². The van der Waals surface area contributed by atoms with Crippen LogP contribution < -0.4 is 5.32 Å². The van der Waals surface area contributed by atoms with Crippen LogP contribution in [0.3, 0.4) is 0 Å². The van der Waals surface area contributed by atoms with Crippen LogP contribution in [0.5, 0.6) is 0 Å². The predicted octanol–water partition coefficient (Wildman–Crippen LogP) is 3.69. The number of rotatable bonds is 5. The number of nitrogens with one attached hydrogen (secondary N) is 1. The number of carbonyl (C=O) groups excluding carboxylic acids is 1. The highest BCUT2D eigenvalue weighted by Crippen LogP contribution is 2.24. The summed E-state index contributed by atoms with van der Waals surface area (Å²) >= 11 is 5.85. The smallest absolute Gasteiger partial charge is 0.339 e.